The lowest BCUT2D eigenvalue weighted by atomic mass is 10.1. The molecule has 1 unspecified atom stereocenters. The summed E-state index contributed by atoms with van der Waals surface area (Å²) in [5.41, 5.74) is 0.683. The first-order valence-corrected chi connectivity index (χ1v) is 9.47. The zero-order valence-electron chi connectivity index (χ0n) is 13.4. The lowest BCUT2D eigenvalue weighted by molar-refractivity contribution is -0.158. The van der Waals surface area contributed by atoms with Gasteiger partial charge in [-0.3, -0.25) is 4.98 Å². The first-order chi connectivity index (χ1) is 11.7. The Morgan fingerprint density at radius 1 is 1.24 bits per heavy atom. The number of hydrogen-bond acceptors (Lipinski definition) is 5. The highest BCUT2D eigenvalue weighted by Gasteiger charge is 2.66. The monoisotopic (exact) mass is 371 g/mol. The third-order valence-electron chi connectivity index (χ3n) is 4.15. The van der Waals surface area contributed by atoms with Gasteiger partial charge in [0.2, 0.25) is 0 Å². The maximum Gasteiger partial charge on any atom is 0.429 e. The van der Waals surface area contributed by atoms with Gasteiger partial charge in [-0.1, -0.05) is 18.2 Å². The van der Waals surface area contributed by atoms with Crippen molar-refractivity contribution < 1.29 is 21.6 Å². The number of aliphatic imine (C=N–C) groups is 1. The van der Waals surface area contributed by atoms with E-state index in [0.717, 1.165) is 6.42 Å². The molecule has 0 fully saturated rings. The first kappa shape index (κ1) is 17.7. The van der Waals surface area contributed by atoms with E-state index in [4.69, 9.17) is 0 Å². The molecular formula is C16H16F3N3O2S. The molecule has 25 heavy (non-hydrogen) atoms. The van der Waals surface area contributed by atoms with Crippen LogP contribution in [-0.4, -0.2) is 48.0 Å². The van der Waals surface area contributed by atoms with Gasteiger partial charge in [-0.2, -0.15) is 13.2 Å². The van der Waals surface area contributed by atoms with Crippen molar-refractivity contribution in [2.45, 2.75) is 23.9 Å². The molecule has 0 spiro atoms. The predicted octanol–water partition coefficient (Wildman–Crippen LogP) is 2.68. The average Bonchev–Trinajstić information content (AvgIpc) is 2.98. The van der Waals surface area contributed by atoms with Crippen LogP contribution < -0.4 is 0 Å². The summed E-state index contributed by atoms with van der Waals surface area (Å²) in [5, 5.41) is 0. The third-order valence-corrected chi connectivity index (χ3v) is 5.83. The number of hydrogen-bond donors (Lipinski definition) is 0. The number of pyridine rings is 1. The Hall–Kier alpha value is -2.16. The minimum absolute atomic E-state index is 0.0962. The molecule has 1 aliphatic heterocycles. The van der Waals surface area contributed by atoms with E-state index < -0.39 is 27.4 Å². The molecule has 9 heteroatoms. The van der Waals surface area contributed by atoms with Gasteiger partial charge in [0.25, 0.3) is 4.87 Å². The largest absolute Gasteiger partial charge is 0.429 e. The van der Waals surface area contributed by atoms with E-state index in [0.29, 0.717) is 18.4 Å². The SMILES string of the molecule is CS(=O)(=O)C1(C(F)(F)F)CN(C2=CCCC=C2)C(c2ccccn2)=N1. The smallest absolute Gasteiger partial charge is 0.321 e. The van der Waals surface area contributed by atoms with Crippen molar-refractivity contribution in [3.63, 3.8) is 0 Å². The number of aromatic nitrogens is 1. The van der Waals surface area contributed by atoms with Crippen LogP contribution in [0.1, 0.15) is 18.5 Å². The quantitative estimate of drug-likeness (QED) is 0.820. The topological polar surface area (TPSA) is 62.6 Å². The molecule has 0 radical (unpaired) electrons. The third kappa shape index (κ3) is 2.97. The summed E-state index contributed by atoms with van der Waals surface area (Å²) in [4.78, 5) is 5.81. The number of sulfone groups is 1. The fourth-order valence-corrected chi connectivity index (χ4v) is 3.86. The molecule has 1 atom stereocenters. The minimum Gasteiger partial charge on any atom is -0.321 e. The van der Waals surface area contributed by atoms with E-state index in [9.17, 15) is 21.6 Å². The van der Waals surface area contributed by atoms with Crippen LogP contribution >= 0.6 is 0 Å². The molecule has 0 aromatic carbocycles. The van der Waals surface area contributed by atoms with Gasteiger partial charge < -0.3 is 4.90 Å². The van der Waals surface area contributed by atoms with Crippen molar-refractivity contribution in [1.29, 1.82) is 0 Å². The Morgan fingerprint density at radius 3 is 2.52 bits per heavy atom. The summed E-state index contributed by atoms with van der Waals surface area (Å²) < 4.78 is 65.5. The number of allylic oxidation sites excluding steroid dienone is 3. The van der Waals surface area contributed by atoms with Gasteiger partial charge in [0, 0.05) is 18.1 Å². The number of nitrogens with zero attached hydrogens (tertiary/aromatic N) is 3. The zero-order valence-corrected chi connectivity index (χ0v) is 14.2. The van der Waals surface area contributed by atoms with E-state index in [1.54, 1.807) is 24.3 Å². The number of rotatable bonds is 3. The predicted molar refractivity (Wildman–Crippen MR) is 87.6 cm³/mol. The Morgan fingerprint density at radius 2 is 2.00 bits per heavy atom. The summed E-state index contributed by atoms with van der Waals surface area (Å²) in [5.74, 6) is -0.0962. The van der Waals surface area contributed by atoms with E-state index in [-0.39, 0.29) is 11.5 Å². The number of halogens is 3. The summed E-state index contributed by atoms with van der Waals surface area (Å²) in [7, 11) is -4.57. The Balaban J connectivity index is 2.20. The fraction of sp³-hybridized carbons (Fsp3) is 0.375. The van der Waals surface area contributed by atoms with Gasteiger partial charge in [0.1, 0.15) is 5.69 Å². The summed E-state index contributed by atoms with van der Waals surface area (Å²) >= 11 is 0. The van der Waals surface area contributed by atoms with Crippen molar-refractivity contribution in [2.75, 3.05) is 12.8 Å². The molecule has 3 rings (SSSR count). The van der Waals surface area contributed by atoms with Gasteiger partial charge in [-0.05, 0) is 31.1 Å². The van der Waals surface area contributed by atoms with Gasteiger partial charge >= 0.3 is 6.18 Å². The van der Waals surface area contributed by atoms with Gasteiger partial charge in [0.15, 0.2) is 15.7 Å². The van der Waals surface area contributed by atoms with Gasteiger partial charge in [0.05, 0.1) is 6.54 Å². The molecule has 2 aliphatic rings. The Kier molecular flexibility index (Phi) is 4.22. The van der Waals surface area contributed by atoms with Crippen LogP contribution in [0.5, 0.6) is 0 Å². The maximum atomic E-state index is 13.8. The normalized spacial score (nSPS) is 24.2. The van der Waals surface area contributed by atoms with Crippen LogP contribution in [0.2, 0.25) is 0 Å². The Labute approximate surface area is 143 Å². The molecule has 1 aliphatic carbocycles. The minimum atomic E-state index is -5.05. The highest BCUT2D eigenvalue weighted by atomic mass is 32.2. The molecule has 134 valence electrons. The lowest BCUT2D eigenvalue weighted by Gasteiger charge is -2.29. The Bertz CT molecular complexity index is 860. The first-order valence-electron chi connectivity index (χ1n) is 7.57. The molecule has 5 nitrogen and oxygen atoms in total. The average molecular weight is 371 g/mol. The van der Waals surface area contributed by atoms with Gasteiger partial charge in [-0.25, -0.2) is 13.4 Å². The lowest BCUT2D eigenvalue weighted by Crippen LogP contribution is -2.53. The maximum absolute atomic E-state index is 13.8. The second-order valence-electron chi connectivity index (χ2n) is 5.90. The molecule has 0 saturated heterocycles. The van der Waals surface area contributed by atoms with Crippen LogP contribution in [0.3, 0.4) is 0 Å². The summed E-state index contributed by atoms with van der Waals surface area (Å²) in [6.45, 7) is -0.822. The molecular weight excluding hydrogens is 355 g/mol. The van der Waals surface area contributed by atoms with E-state index in [2.05, 4.69) is 9.98 Å². The highest BCUT2D eigenvalue weighted by molar-refractivity contribution is 7.92. The second kappa shape index (κ2) is 5.98. The summed E-state index contributed by atoms with van der Waals surface area (Å²) in [6.07, 6.45) is 3.67. The van der Waals surface area contributed by atoms with E-state index in [1.165, 1.54) is 17.2 Å². The van der Waals surface area contributed by atoms with Crippen molar-refractivity contribution >= 4 is 15.7 Å². The van der Waals surface area contributed by atoms with E-state index >= 15 is 0 Å². The van der Waals surface area contributed by atoms with Crippen molar-refractivity contribution in [3.05, 3.63) is 54.0 Å². The molecule has 0 bridgehead atoms. The molecule has 0 amide bonds. The highest BCUT2D eigenvalue weighted by Crippen LogP contribution is 2.43. The van der Waals surface area contributed by atoms with Crippen molar-refractivity contribution in [3.8, 4) is 0 Å². The van der Waals surface area contributed by atoms with Crippen molar-refractivity contribution in [2.24, 2.45) is 4.99 Å². The van der Waals surface area contributed by atoms with Gasteiger partial charge in [-0.15, -0.1) is 0 Å². The molecule has 0 N–H and O–H groups in total. The van der Waals surface area contributed by atoms with Crippen LogP contribution in [0, 0.1) is 0 Å². The molecule has 1 aromatic heterocycles. The fourth-order valence-electron chi connectivity index (χ4n) is 2.82. The molecule has 0 saturated carbocycles. The molecule has 2 heterocycles. The van der Waals surface area contributed by atoms with Crippen LogP contribution in [0.25, 0.3) is 0 Å². The zero-order chi connectivity index (χ0) is 18.3. The van der Waals surface area contributed by atoms with Crippen LogP contribution in [0.4, 0.5) is 13.2 Å². The van der Waals surface area contributed by atoms with E-state index in [1.807, 2.05) is 6.08 Å². The van der Waals surface area contributed by atoms with Crippen LogP contribution in [0.15, 0.2) is 53.3 Å². The number of alkyl halides is 3. The second-order valence-corrected chi connectivity index (χ2v) is 8.12. The standard InChI is InChI=1S/C16H16F3N3O2S/c1-25(23,24)15(16(17,18)19)11-22(12-7-3-2-4-8-12)14(21-15)13-9-5-6-10-20-13/h3,5-10H,2,4,11H2,1H3. The molecule has 1 aromatic rings. The number of amidine groups is 1. The van der Waals surface area contributed by atoms with Crippen molar-refractivity contribution in [1.82, 2.24) is 9.88 Å². The summed E-state index contributed by atoms with van der Waals surface area (Å²) in [6, 6.07) is 4.74. The van der Waals surface area contributed by atoms with Crippen LogP contribution in [-0.2, 0) is 9.84 Å².